The Morgan fingerprint density at radius 3 is 2.75 bits per heavy atom. The molecule has 4 nitrogen and oxygen atoms in total. The fraction of sp³-hybridized carbons (Fsp3) is 0.467. The first-order valence-electron chi connectivity index (χ1n) is 7.18. The van der Waals surface area contributed by atoms with Crippen LogP contribution in [-0.4, -0.2) is 27.4 Å². The number of para-hydroxylation sites is 1. The molecule has 0 aliphatic carbocycles. The molecule has 0 radical (unpaired) electrons. The van der Waals surface area contributed by atoms with Gasteiger partial charge in [0.25, 0.3) is 0 Å². The third kappa shape index (κ3) is 2.26. The molecular weight excluding hydrogens is 268 g/mol. The van der Waals surface area contributed by atoms with Crippen molar-refractivity contribution in [1.29, 1.82) is 0 Å². The Morgan fingerprint density at radius 2 is 2.05 bits per heavy atom. The summed E-state index contributed by atoms with van der Waals surface area (Å²) < 4.78 is 2.69. The molecule has 3 rings (SSSR count). The van der Waals surface area contributed by atoms with Gasteiger partial charge in [0.2, 0.25) is 10.7 Å². The van der Waals surface area contributed by atoms with Crippen LogP contribution in [-0.2, 0) is 0 Å². The van der Waals surface area contributed by atoms with Crippen LogP contribution in [0.1, 0.15) is 26.7 Å². The van der Waals surface area contributed by atoms with Crippen LogP contribution in [0.15, 0.2) is 30.3 Å². The van der Waals surface area contributed by atoms with Gasteiger partial charge in [-0.2, -0.15) is 0 Å². The molecular formula is C15H20N4S. The summed E-state index contributed by atoms with van der Waals surface area (Å²) in [5.41, 5.74) is 1.07. The van der Waals surface area contributed by atoms with Crippen LogP contribution in [0.3, 0.4) is 0 Å². The average molecular weight is 288 g/mol. The minimum absolute atomic E-state index is 0.544. The smallest absolute Gasteiger partial charge is 0.230 e. The van der Waals surface area contributed by atoms with E-state index >= 15 is 0 Å². The summed E-state index contributed by atoms with van der Waals surface area (Å²) in [5.74, 6) is 1.56. The van der Waals surface area contributed by atoms with Gasteiger partial charge in [-0.05, 0) is 43.1 Å². The molecule has 0 amide bonds. The third-order valence-electron chi connectivity index (χ3n) is 3.99. The molecule has 5 heteroatoms. The van der Waals surface area contributed by atoms with E-state index in [0.717, 1.165) is 18.2 Å². The van der Waals surface area contributed by atoms with Crippen LogP contribution in [0.25, 0.3) is 5.69 Å². The van der Waals surface area contributed by atoms with E-state index in [0.29, 0.717) is 16.7 Å². The summed E-state index contributed by atoms with van der Waals surface area (Å²) >= 11 is 5.41. The molecule has 1 atom stereocenters. The molecule has 1 aromatic carbocycles. The Kier molecular flexibility index (Phi) is 3.61. The number of benzene rings is 1. The first-order valence-corrected chi connectivity index (χ1v) is 7.59. The summed E-state index contributed by atoms with van der Waals surface area (Å²) in [5, 5.41) is 7.42. The van der Waals surface area contributed by atoms with Crippen molar-refractivity contribution in [3.05, 3.63) is 35.1 Å². The first kappa shape index (κ1) is 13.4. The van der Waals surface area contributed by atoms with Crippen LogP contribution < -0.4 is 4.90 Å². The number of hydrogen-bond donors (Lipinski definition) is 1. The van der Waals surface area contributed by atoms with Gasteiger partial charge in [-0.15, -0.1) is 5.10 Å². The molecule has 0 bridgehead atoms. The SMILES string of the molecule is CC(C)C1CCCN1c1n[nH]c(=S)n1-c1ccccc1. The standard InChI is InChI=1S/C15H20N4S/c1-11(2)13-9-6-10-18(13)14-16-17-15(20)19(14)12-7-4-3-5-8-12/h3-5,7-8,11,13H,6,9-10H2,1-2H3,(H,17,20). The van der Waals surface area contributed by atoms with Crippen LogP contribution in [0.4, 0.5) is 5.95 Å². The van der Waals surface area contributed by atoms with Crippen LogP contribution in [0.2, 0.25) is 0 Å². The molecule has 20 heavy (non-hydrogen) atoms. The lowest BCUT2D eigenvalue weighted by molar-refractivity contribution is 0.485. The van der Waals surface area contributed by atoms with Crippen molar-refractivity contribution in [2.75, 3.05) is 11.4 Å². The average Bonchev–Trinajstić information content (AvgIpc) is 3.05. The highest BCUT2D eigenvalue weighted by Gasteiger charge is 2.30. The van der Waals surface area contributed by atoms with E-state index in [1.165, 1.54) is 12.8 Å². The van der Waals surface area contributed by atoms with Gasteiger partial charge in [0.05, 0.1) is 5.69 Å². The lowest BCUT2D eigenvalue weighted by Crippen LogP contribution is -2.35. The van der Waals surface area contributed by atoms with Crippen LogP contribution in [0, 0.1) is 10.7 Å². The van der Waals surface area contributed by atoms with Crippen molar-refractivity contribution in [2.24, 2.45) is 5.92 Å². The molecule has 2 heterocycles. The quantitative estimate of drug-likeness (QED) is 0.878. The molecule has 1 aliphatic heterocycles. The zero-order valence-electron chi connectivity index (χ0n) is 11.9. The highest BCUT2D eigenvalue weighted by Crippen LogP contribution is 2.29. The topological polar surface area (TPSA) is 36.9 Å². The number of nitrogens with zero attached hydrogens (tertiary/aromatic N) is 3. The Balaban J connectivity index is 2.06. The van der Waals surface area contributed by atoms with Gasteiger partial charge in [0.1, 0.15) is 0 Å². The van der Waals surface area contributed by atoms with Crippen molar-refractivity contribution in [3.8, 4) is 5.69 Å². The number of aromatic amines is 1. The van der Waals surface area contributed by atoms with E-state index in [1.54, 1.807) is 0 Å². The Bertz CT molecular complexity index is 629. The minimum Gasteiger partial charge on any atom is -0.337 e. The molecule has 1 N–H and O–H groups in total. The first-order chi connectivity index (χ1) is 9.68. The van der Waals surface area contributed by atoms with E-state index < -0.39 is 0 Å². The molecule has 0 saturated carbocycles. The highest BCUT2D eigenvalue weighted by molar-refractivity contribution is 7.71. The molecule has 1 aliphatic rings. The van der Waals surface area contributed by atoms with Gasteiger partial charge < -0.3 is 4.90 Å². The fourth-order valence-electron chi connectivity index (χ4n) is 3.03. The van der Waals surface area contributed by atoms with Gasteiger partial charge in [0.15, 0.2) is 0 Å². The normalized spacial score (nSPS) is 18.9. The van der Waals surface area contributed by atoms with E-state index in [2.05, 4.69) is 41.1 Å². The summed E-state index contributed by atoms with van der Waals surface area (Å²) in [7, 11) is 0. The Hall–Kier alpha value is -1.62. The number of H-pyrrole nitrogens is 1. The number of rotatable bonds is 3. The number of anilines is 1. The van der Waals surface area contributed by atoms with E-state index in [4.69, 9.17) is 12.2 Å². The maximum absolute atomic E-state index is 5.41. The maximum Gasteiger partial charge on any atom is 0.230 e. The predicted octanol–water partition coefficient (Wildman–Crippen LogP) is 3.55. The van der Waals surface area contributed by atoms with Crippen LogP contribution in [0.5, 0.6) is 0 Å². The van der Waals surface area contributed by atoms with Crippen molar-refractivity contribution in [3.63, 3.8) is 0 Å². The molecule has 1 saturated heterocycles. The van der Waals surface area contributed by atoms with Gasteiger partial charge in [-0.25, -0.2) is 5.10 Å². The predicted molar refractivity (Wildman–Crippen MR) is 84.0 cm³/mol. The van der Waals surface area contributed by atoms with Crippen molar-refractivity contribution in [1.82, 2.24) is 14.8 Å². The van der Waals surface area contributed by atoms with Crippen molar-refractivity contribution >= 4 is 18.2 Å². The monoisotopic (exact) mass is 288 g/mol. The second-order valence-corrected chi connectivity index (χ2v) is 6.03. The largest absolute Gasteiger partial charge is 0.337 e. The third-order valence-corrected chi connectivity index (χ3v) is 4.27. The van der Waals surface area contributed by atoms with Gasteiger partial charge >= 0.3 is 0 Å². The lowest BCUT2D eigenvalue weighted by Gasteiger charge is -2.28. The van der Waals surface area contributed by atoms with Crippen molar-refractivity contribution < 1.29 is 0 Å². The zero-order valence-corrected chi connectivity index (χ0v) is 12.7. The number of nitrogens with one attached hydrogen (secondary N) is 1. The second-order valence-electron chi connectivity index (χ2n) is 5.65. The van der Waals surface area contributed by atoms with E-state index in [9.17, 15) is 0 Å². The summed E-state index contributed by atoms with van der Waals surface area (Å²) in [6, 6.07) is 10.7. The second kappa shape index (κ2) is 5.40. The van der Waals surface area contributed by atoms with Crippen LogP contribution >= 0.6 is 12.2 Å². The molecule has 1 aromatic heterocycles. The maximum atomic E-state index is 5.41. The summed E-state index contributed by atoms with van der Waals surface area (Å²) in [6.45, 7) is 5.60. The van der Waals surface area contributed by atoms with E-state index in [-0.39, 0.29) is 0 Å². The summed E-state index contributed by atoms with van der Waals surface area (Å²) in [6.07, 6.45) is 2.45. The van der Waals surface area contributed by atoms with Gasteiger partial charge in [0, 0.05) is 12.6 Å². The highest BCUT2D eigenvalue weighted by atomic mass is 32.1. The molecule has 1 fully saturated rings. The molecule has 2 aromatic rings. The molecule has 1 unspecified atom stereocenters. The Labute approximate surface area is 124 Å². The number of aromatic nitrogens is 3. The van der Waals surface area contributed by atoms with Gasteiger partial charge in [-0.1, -0.05) is 32.0 Å². The zero-order chi connectivity index (χ0) is 14.1. The fourth-order valence-corrected chi connectivity index (χ4v) is 3.26. The minimum atomic E-state index is 0.544. The van der Waals surface area contributed by atoms with E-state index in [1.807, 2.05) is 22.8 Å². The number of hydrogen-bond acceptors (Lipinski definition) is 3. The lowest BCUT2D eigenvalue weighted by atomic mass is 10.0. The molecule has 0 spiro atoms. The summed E-state index contributed by atoms with van der Waals surface area (Å²) in [4.78, 5) is 2.39. The van der Waals surface area contributed by atoms with Crippen molar-refractivity contribution in [2.45, 2.75) is 32.7 Å². The molecule has 106 valence electrons. The Morgan fingerprint density at radius 1 is 1.30 bits per heavy atom. The van der Waals surface area contributed by atoms with Gasteiger partial charge in [-0.3, -0.25) is 4.57 Å².